The smallest absolute Gasteiger partial charge is 0.125 e. The minimum absolute atomic E-state index is 1.02. The van der Waals surface area contributed by atoms with Gasteiger partial charge in [-0.3, -0.25) is 4.98 Å². The second-order valence-corrected chi connectivity index (χ2v) is 7.64. The maximum atomic E-state index is 4.67. The highest BCUT2D eigenvalue weighted by atomic mass is 32.1. The Morgan fingerprint density at radius 3 is 2.61 bits per heavy atom. The summed E-state index contributed by atoms with van der Waals surface area (Å²) in [5.74, 6) is 0. The predicted molar refractivity (Wildman–Crippen MR) is 100 cm³/mol. The van der Waals surface area contributed by atoms with Crippen molar-refractivity contribution in [3.63, 3.8) is 0 Å². The van der Waals surface area contributed by atoms with E-state index in [4.69, 9.17) is 0 Å². The molecule has 0 amide bonds. The summed E-state index contributed by atoms with van der Waals surface area (Å²) < 4.78 is 4.02. The Morgan fingerprint density at radius 2 is 1.74 bits per heavy atom. The molecule has 4 heterocycles. The molecule has 0 aliphatic rings. The van der Waals surface area contributed by atoms with Crippen LogP contribution in [0.1, 0.15) is 5.69 Å². The van der Waals surface area contributed by atoms with Crippen LogP contribution >= 0.6 is 22.7 Å². The van der Waals surface area contributed by atoms with Crippen molar-refractivity contribution in [2.45, 2.75) is 6.92 Å². The lowest BCUT2D eigenvalue weighted by Crippen LogP contribution is -1.80. The predicted octanol–water partition coefficient (Wildman–Crippen LogP) is 6.03. The van der Waals surface area contributed by atoms with Gasteiger partial charge in [-0.05, 0) is 37.3 Å². The Labute approximate surface area is 141 Å². The summed E-state index contributed by atoms with van der Waals surface area (Å²) >= 11 is 3.65. The van der Waals surface area contributed by atoms with Gasteiger partial charge in [-0.1, -0.05) is 18.2 Å². The van der Waals surface area contributed by atoms with E-state index in [9.17, 15) is 0 Å². The molecule has 0 N–H and O–H groups in total. The topological polar surface area (TPSA) is 25.8 Å². The van der Waals surface area contributed by atoms with E-state index in [0.29, 0.717) is 0 Å². The van der Waals surface area contributed by atoms with E-state index >= 15 is 0 Å². The van der Waals surface area contributed by atoms with E-state index in [2.05, 4.69) is 46.4 Å². The van der Waals surface area contributed by atoms with Crippen LogP contribution in [0.3, 0.4) is 0 Å². The fourth-order valence-corrected chi connectivity index (χ4v) is 5.62. The molecular formula is C19H12N2S2. The van der Waals surface area contributed by atoms with Crippen LogP contribution in [0.5, 0.6) is 0 Å². The molecule has 5 aromatic rings. The maximum Gasteiger partial charge on any atom is 0.125 e. The fraction of sp³-hybridized carbons (Fsp3) is 0.0526. The quantitative estimate of drug-likeness (QED) is 0.374. The van der Waals surface area contributed by atoms with Gasteiger partial charge < -0.3 is 0 Å². The molecule has 0 aliphatic carbocycles. The number of aromatic nitrogens is 2. The van der Waals surface area contributed by atoms with Gasteiger partial charge in [0.25, 0.3) is 0 Å². The van der Waals surface area contributed by atoms with E-state index < -0.39 is 0 Å². The van der Waals surface area contributed by atoms with Crippen LogP contribution in [-0.2, 0) is 0 Å². The number of aryl methyl sites for hydroxylation is 1. The van der Waals surface area contributed by atoms with Crippen LogP contribution in [0, 0.1) is 6.92 Å². The second-order valence-electron chi connectivity index (χ2n) is 5.59. The van der Waals surface area contributed by atoms with E-state index in [1.54, 1.807) is 11.3 Å². The van der Waals surface area contributed by atoms with Crippen molar-refractivity contribution >= 4 is 52.4 Å². The van der Waals surface area contributed by atoms with Crippen molar-refractivity contribution in [3.05, 3.63) is 60.4 Å². The first-order valence-corrected chi connectivity index (χ1v) is 9.07. The zero-order valence-electron chi connectivity index (χ0n) is 12.4. The zero-order chi connectivity index (χ0) is 15.4. The number of fused-ring (bicyclic) bond motifs is 5. The summed E-state index contributed by atoms with van der Waals surface area (Å²) in [5, 5.41) is 2.60. The van der Waals surface area contributed by atoms with Crippen molar-refractivity contribution in [1.82, 2.24) is 9.97 Å². The summed E-state index contributed by atoms with van der Waals surface area (Å²) in [6, 6.07) is 17.0. The van der Waals surface area contributed by atoms with E-state index in [0.717, 1.165) is 16.2 Å². The summed E-state index contributed by atoms with van der Waals surface area (Å²) in [5.41, 5.74) is 3.27. The van der Waals surface area contributed by atoms with Crippen LogP contribution < -0.4 is 0 Å². The fourth-order valence-electron chi connectivity index (χ4n) is 2.92. The Kier molecular flexibility index (Phi) is 2.77. The molecule has 0 fully saturated rings. The highest BCUT2D eigenvalue weighted by Crippen LogP contribution is 2.44. The molecule has 0 unspecified atom stereocenters. The number of pyridine rings is 2. The number of rotatable bonds is 1. The minimum Gasteiger partial charge on any atom is -0.256 e. The number of thiophene rings is 2. The molecule has 0 saturated heterocycles. The van der Waals surface area contributed by atoms with Gasteiger partial charge in [0.2, 0.25) is 0 Å². The van der Waals surface area contributed by atoms with Crippen molar-refractivity contribution in [3.8, 4) is 11.3 Å². The molecular weight excluding hydrogens is 320 g/mol. The third-order valence-corrected chi connectivity index (χ3v) is 6.50. The molecule has 1 aromatic carbocycles. The molecule has 110 valence electrons. The van der Waals surface area contributed by atoms with Crippen molar-refractivity contribution in [2.24, 2.45) is 0 Å². The molecule has 4 aromatic heterocycles. The Bertz CT molecular complexity index is 1170. The molecule has 0 saturated carbocycles. The van der Waals surface area contributed by atoms with Crippen molar-refractivity contribution in [1.29, 1.82) is 0 Å². The van der Waals surface area contributed by atoms with Crippen LogP contribution in [0.4, 0.5) is 0 Å². The van der Waals surface area contributed by atoms with Crippen molar-refractivity contribution in [2.75, 3.05) is 0 Å². The highest BCUT2D eigenvalue weighted by Gasteiger charge is 2.13. The van der Waals surface area contributed by atoms with E-state index in [-0.39, 0.29) is 0 Å². The lowest BCUT2D eigenvalue weighted by atomic mass is 10.1. The van der Waals surface area contributed by atoms with Gasteiger partial charge in [0.15, 0.2) is 0 Å². The maximum absolute atomic E-state index is 4.67. The van der Waals surface area contributed by atoms with Gasteiger partial charge in [-0.25, -0.2) is 4.98 Å². The average Bonchev–Trinajstić information content (AvgIpc) is 3.10. The SMILES string of the molecule is Cc1ccc2c(n1)sc1c3ccc(-c4ccccn4)cc3sc21. The number of benzene rings is 1. The molecule has 0 atom stereocenters. The van der Waals surface area contributed by atoms with Gasteiger partial charge in [0.05, 0.1) is 15.1 Å². The van der Waals surface area contributed by atoms with Crippen LogP contribution in [0.2, 0.25) is 0 Å². The molecule has 0 spiro atoms. The summed E-state index contributed by atoms with van der Waals surface area (Å²) in [4.78, 5) is 10.3. The van der Waals surface area contributed by atoms with Crippen LogP contribution in [0.15, 0.2) is 54.7 Å². The summed E-state index contributed by atoms with van der Waals surface area (Å²) in [6.45, 7) is 2.05. The Hall–Kier alpha value is -2.30. The van der Waals surface area contributed by atoms with Gasteiger partial charge in [0, 0.05) is 32.9 Å². The first-order valence-electron chi connectivity index (χ1n) is 7.43. The summed E-state index contributed by atoms with van der Waals surface area (Å²) in [6.07, 6.45) is 1.84. The second kappa shape index (κ2) is 4.85. The number of hydrogen-bond donors (Lipinski definition) is 0. The van der Waals surface area contributed by atoms with Gasteiger partial charge in [0.1, 0.15) is 4.83 Å². The molecule has 0 aliphatic heterocycles. The Balaban J connectivity index is 1.80. The first kappa shape index (κ1) is 13.2. The zero-order valence-corrected chi connectivity index (χ0v) is 14.0. The highest BCUT2D eigenvalue weighted by molar-refractivity contribution is 7.36. The van der Waals surface area contributed by atoms with Crippen LogP contribution in [-0.4, -0.2) is 9.97 Å². The first-order chi connectivity index (χ1) is 11.3. The van der Waals surface area contributed by atoms with Gasteiger partial charge in [-0.15, -0.1) is 22.7 Å². The largest absolute Gasteiger partial charge is 0.256 e. The average molecular weight is 332 g/mol. The van der Waals surface area contributed by atoms with Crippen LogP contribution in [0.25, 0.3) is 41.0 Å². The number of hydrogen-bond acceptors (Lipinski definition) is 4. The molecule has 23 heavy (non-hydrogen) atoms. The monoisotopic (exact) mass is 332 g/mol. The summed E-state index contributed by atoms with van der Waals surface area (Å²) in [7, 11) is 0. The Morgan fingerprint density at radius 1 is 0.870 bits per heavy atom. The molecule has 2 nitrogen and oxygen atoms in total. The minimum atomic E-state index is 1.02. The number of nitrogens with zero attached hydrogens (tertiary/aromatic N) is 2. The molecule has 5 rings (SSSR count). The lowest BCUT2D eigenvalue weighted by Gasteiger charge is -2.00. The molecule has 0 radical (unpaired) electrons. The molecule has 4 heteroatoms. The lowest BCUT2D eigenvalue weighted by molar-refractivity contribution is 1.27. The van der Waals surface area contributed by atoms with E-state index in [1.807, 2.05) is 36.6 Å². The molecule has 0 bridgehead atoms. The third kappa shape index (κ3) is 1.99. The normalized spacial score (nSPS) is 11.7. The van der Waals surface area contributed by atoms with Gasteiger partial charge >= 0.3 is 0 Å². The van der Waals surface area contributed by atoms with Gasteiger partial charge in [-0.2, -0.15) is 0 Å². The third-order valence-electron chi connectivity index (χ3n) is 4.05. The van der Waals surface area contributed by atoms with E-state index in [1.165, 1.54) is 30.4 Å². The standard InChI is InChI=1S/C19H12N2S2/c1-11-5-7-14-18-17(23-19(14)21-11)13-8-6-12(10-16(13)22-18)15-4-2-3-9-20-15/h2-10H,1H3. The van der Waals surface area contributed by atoms with Crippen molar-refractivity contribution < 1.29 is 0 Å².